The molecule has 0 aromatic carbocycles. The fraction of sp³-hybridized carbons (Fsp3) is 1.00. The average Bonchev–Trinajstić information content (AvgIpc) is 2.64. The molecule has 1 heterocycles. The van der Waals surface area contributed by atoms with Crippen LogP contribution in [0.3, 0.4) is 0 Å². The summed E-state index contributed by atoms with van der Waals surface area (Å²) in [6.45, 7) is 21.7. The lowest BCUT2D eigenvalue weighted by Crippen LogP contribution is -2.48. The van der Waals surface area contributed by atoms with Gasteiger partial charge in [-0.25, -0.2) is 0 Å². The maximum atomic E-state index is 5.95. The lowest BCUT2D eigenvalue weighted by atomic mass is 9.83. The number of nitrogens with one attached hydrogen (secondary N) is 1. The molecule has 4 heteroatoms. The van der Waals surface area contributed by atoms with Crippen molar-refractivity contribution in [1.82, 2.24) is 10.2 Å². The van der Waals surface area contributed by atoms with Crippen LogP contribution in [-0.4, -0.2) is 63.5 Å². The van der Waals surface area contributed by atoms with Gasteiger partial charge in [-0.05, 0) is 42.9 Å². The Balaban J connectivity index is 2.11. The Morgan fingerprint density at radius 3 is 2.48 bits per heavy atom. The first kappa shape index (κ1) is 24.9. The lowest BCUT2D eigenvalue weighted by molar-refractivity contribution is -0.0359. The summed E-state index contributed by atoms with van der Waals surface area (Å²) in [4.78, 5) is 2.50. The molecule has 1 fully saturated rings. The minimum absolute atomic E-state index is 0.312. The molecule has 0 amide bonds. The summed E-state index contributed by atoms with van der Waals surface area (Å²) < 4.78 is 11.9. The highest BCUT2D eigenvalue weighted by molar-refractivity contribution is 4.78. The van der Waals surface area contributed by atoms with Crippen molar-refractivity contribution in [2.24, 2.45) is 10.8 Å². The van der Waals surface area contributed by atoms with E-state index in [4.69, 9.17) is 9.47 Å². The van der Waals surface area contributed by atoms with Crippen LogP contribution in [0, 0.1) is 10.8 Å². The summed E-state index contributed by atoms with van der Waals surface area (Å²) in [6.07, 6.45) is 7.79. The Kier molecular flexibility index (Phi) is 12.1. The molecule has 0 bridgehead atoms. The van der Waals surface area contributed by atoms with Gasteiger partial charge in [0.25, 0.3) is 0 Å². The monoisotopic (exact) mass is 384 g/mol. The highest BCUT2D eigenvalue weighted by Gasteiger charge is 2.23. The van der Waals surface area contributed by atoms with Crippen LogP contribution >= 0.6 is 0 Å². The standard InChI is InChI=1S/C23H48N2O2/c1-7-11-22(4,5)12-10-15-26-16-13-25-14-17-27-21(19-25)18-24-20-23(6,8-2)9-3/h21,24H,7-20H2,1-6H3/t21-/m1/s1. The summed E-state index contributed by atoms with van der Waals surface area (Å²) in [5.74, 6) is 0. The SMILES string of the molecule is CCCC(C)(C)CCCOCCN1CCO[C@H](CNCC(C)(CC)CC)C1. The van der Waals surface area contributed by atoms with Gasteiger partial charge in [0.1, 0.15) is 0 Å². The van der Waals surface area contributed by atoms with Crippen molar-refractivity contribution >= 4 is 0 Å². The number of nitrogens with zero attached hydrogens (tertiary/aromatic N) is 1. The third-order valence-corrected chi connectivity index (χ3v) is 6.47. The van der Waals surface area contributed by atoms with Crippen molar-refractivity contribution in [3.8, 4) is 0 Å². The summed E-state index contributed by atoms with van der Waals surface area (Å²) in [5, 5.41) is 3.64. The molecule has 1 saturated heterocycles. The van der Waals surface area contributed by atoms with E-state index in [2.05, 4.69) is 51.8 Å². The van der Waals surface area contributed by atoms with E-state index < -0.39 is 0 Å². The molecule has 0 radical (unpaired) electrons. The third kappa shape index (κ3) is 10.8. The highest BCUT2D eigenvalue weighted by Crippen LogP contribution is 2.27. The van der Waals surface area contributed by atoms with Crippen LogP contribution in [-0.2, 0) is 9.47 Å². The molecule has 0 saturated carbocycles. The zero-order valence-corrected chi connectivity index (χ0v) is 19.2. The Hall–Kier alpha value is -0.160. The fourth-order valence-electron chi connectivity index (χ4n) is 3.89. The first-order valence-electron chi connectivity index (χ1n) is 11.5. The predicted octanol–water partition coefficient (Wildman–Crippen LogP) is 4.73. The molecule has 0 unspecified atom stereocenters. The van der Waals surface area contributed by atoms with E-state index in [0.717, 1.165) is 52.5 Å². The maximum Gasteiger partial charge on any atom is 0.0826 e. The van der Waals surface area contributed by atoms with Crippen molar-refractivity contribution in [3.63, 3.8) is 0 Å². The van der Waals surface area contributed by atoms with E-state index in [1.54, 1.807) is 0 Å². The Bertz CT molecular complexity index is 369. The van der Waals surface area contributed by atoms with Gasteiger partial charge >= 0.3 is 0 Å². The third-order valence-electron chi connectivity index (χ3n) is 6.47. The average molecular weight is 385 g/mol. The molecular formula is C23H48N2O2. The molecular weight excluding hydrogens is 336 g/mol. The second-order valence-electron chi connectivity index (χ2n) is 9.57. The number of hydrogen-bond acceptors (Lipinski definition) is 4. The topological polar surface area (TPSA) is 33.7 Å². The van der Waals surface area contributed by atoms with Gasteiger partial charge in [-0.2, -0.15) is 0 Å². The number of rotatable bonds is 15. The highest BCUT2D eigenvalue weighted by atomic mass is 16.5. The molecule has 1 atom stereocenters. The molecule has 1 aliphatic rings. The van der Waals surface area contributed by atoms with Crippen molar-refractivity contribution in [2.45, 2.75) is 86.2 Å². The quantitative estimate of drug-likeness (QED) is 0.414. The number of hydrogen-bond donors (Lipinski definition) is 1. The van der Waals surface area contributed by atoms with E-state index in [9.17, 15) is 0 Å². The van der Waals surface area contributed by atoms with Crippen LogP contribution in [0.2, 0.25) is 0 Å². The molecule has 27 heavy (non-hydrogen) atoms. The largest absolute Gasteiger partial charge is 0.380 e. The molecule has 0 aromatic heterocycles. The van der Waals surface area contributed by atoms with Crippen LogP contribution in [0.1, 0.15) is 80.1 Å². The minimum atomic E-state index is 0.312. The second-order valence-corrected chi connectivity index (χ2v) is 9.57. The second kappa shape index (κ2) is 13.1. The molecule has 0 spiro atoms. The van der Waals surface area contributed by atoms with E-state index in [1.165, 1.54) is 38.5 Å². The van der Waals surface area contributed by atoms with Crippen molar-refractivity contribution in [2.75, 3.05) is 52.5 Å². The van der Waals surface area contributed by atoms with Crippen LogP contribution in [0.5, 0.6) is 0 Å². The van der Waals surface area contributed by atoms with Crippen LogP contribution in [0.25, 0.3) is 0 Å². The van der Waals surface area contributed by atoms with Gasteiger partial charge < -0.3 is 14.8 Å². The van der Waals surface area contributed by atoms with Gasteiger partial charge in [-0.3, -0.25) is 4.90 Å². The van der Waals surface area contributed by atoms with E-state index >= 15 is 0 Å². The summed E-state index contributed by atoms with van der Waals surface area (Å²) in [6, 6.07) is 0. The van der Waals surface area contributed by atoms with Crippen molar-refractivity contribution < 1.29 is 9.47 Å². The number of morpholine rings is 1. The fourth-order valence-corrected chi connectivity index (χ4v) is 3.89. The summed E-state index contributed by atoms with van der Waals surface area (Å²) in [7, 11) is 0. The molecule has 1 aliphatic heterocycles. The van der Waals surface area contributed by atoms with Gasteiger partial charge in [0, 0.05) is 39.3 Å². The predicted molar refractivity (Wildman–Crippen MR) is 116 cm³/mol. The minimum Gasteiger partial charge on any atom is -0.380 e. The van der Waals surface area contributed by atoms with Crippen LogP contribution < -0.4 is 5.32 Å². The van der Waals surface area contributed by atoms with Gasteiger partial charge in [0.15, 0.2) is 0 Å². The molecule has 0 aromatic rings. The maximum absolute atomic E-state index is 5.95. The Labute approximate surface area is 169 Å². The normalized spacial score (nSPS) is 19.6. The zero-order chi connectivity index (χ0) is 20.2. The molecule has 4 nitrogen and oxygen atoms in total. The van der Waals surface area contributed by atoms with Gasteiger partial charge in [-0.1, -0.05) is 48.0 Å². The Morgan fingerprint density at radius 1 is 1.07 bits per heavy atom. The first-order chi connectivity index (χ1) is 12.8. The molecule has 162 valence electrons. The van der Waals surface area contributed by atoms with Crippen molar-refractivity contribution in [1.29, 1.82) is 0 Å². The summed E-state index contributed by atoms with van der Waals surface area (Å²) in [5.41, 5.74) is 0.877. The number of ether oxygens (including phenoxy) is 2. The zero-order valence-electron chi connectivity index (χ0n) is 19.2. The van der Waals surface area contributed by atoms with Crippen LogP contribution in [0.15, 0.2) is 0 Å². The van der Waals surface area contributed by atoms with Crippen LogP contribution in [0.4, 0.5) is 0 Å². The van der Waals surface area contributed by atoms with Gasteiger partial charge in [0.05, 0.1) is 19.3 Å². The van der Waals surface area contributed by atoms with Gasteiger partial charge in [-0.15, -0.1) is 0 Å². The summed E-state index contributed by atoms with van der Waals surface area (Å²) >= 11 is 0. The van der Waals surface area contributed by atoms with E-state index in [0.29, 0.717) is 16.9 Å². The molecule has 0 aliphatic carbocycles. The molecule has 1 N–H and O–H groups in total. The van der Waals surface area contributed by atoms with Gasteiger partial charge in [0.2, 0.25) is 0 Å². The Morgan fingerprint density at radius 2 is 1.81 bits per heavy atom. The van der Waals surface area contributed by atoms with Crippen molar-refractivity contribution in [3.05, 3.63) is 0 Å². The van der Waals surface area contributed by atoms with E-state index in [-0.39, 0.29) is 0 Å². The smallest absolute Gasteiger partial charge is 0.0826 e. The first-order valence-corrected chi connectivity index (χ1v) is 11.5. The van der Waals surface area contributed by atoms with E-state index in [1.807, 2.05) is 0 Å². The lowest BCUT2D eigenvalue weighted by Gasteiger charge is -2.34. The molecule has 1 rings (SSSR count).